The van der Waals surface area contributed by atoms with Gasteiger partial charge >= 0.3 is 0 Å². The van der Waals surface area contributed by atoms with Crippen LogP contribution in [0.2, 0.25) is 15.1 Å². The molecule has 0 aromatic heterocycles. The van der Waals surface area contributed by atoms with Gasteiger partial charge in [-0.1, -0.05) is 46.9 Å². The third-order valence-corrected chi connectivity index (χ3v) is 3.49. The van der Waals surface area contributed by atoms with Gasteiger partial charge in [0.25, 0.3) is 0 Å². The zero-order chi connectivity index (χ0) is 13.1. The molecule has 0 atom stereocenters. The first-order valence-corrected chi connectivity index (χ1v) is 6.26. The molecule has 2 nitrogen and oxygen atoms in total. The van der Waals surface area contributed by atoms with Crippen LogP contribution in [0.15, 0.2) is 36.4 Å². The van der Waals surface area contributed by atoms with Crippen LogP contribution in [-0.2, 0) is 6.61 Å². The van der Waals surface area contributed by atoms with Crippen LogP contribution in [0.25, 0.3) is 0 Å². The van der Waals surface area contributed by atoms with Gasteiger partial charge in [0.05, 0.1) is 11.6 Å². The van der Waals surface area contributed by atoms with Crippen molar-refractivity contribution < 1.29 is 9.84 Å². The quantitative estimate of drug-likeness (QED) is 0.871. The molecule has 5 heteroatoms. The van der Waals surface area contributed by atoms with Crippen LogP contribution in [0.3, 0.4) is 0 Å². The lowest BCUT2D eigenvalue weighted by atomic mass is 10.2. The molecule has 0 aliphatic carbocycles. The minimum absolute atomic E-state index is 0.114. The molecule has 0 saturated carbocycles. The van der Waals surface area contributed by atoms with Crippen LogP contribution in [-0.4, -0.2) is 5.11 Å². The maximum absolute atomic E-state index is 9.02. The molecule has 0 bridgehead atoms. The van der Waals surface area contributed by atoms with E-state index in [1.54, 1.807) is 36.4 Å². The van der Waals surface area contributed by atoms with E-state index in [2.05, 4.69) is 0 Å². The topological polar surface area (TPSA) is 29.5 Å². The van der Waals surface area contributed by atoms with E-state index in [9.17, 15) is 0 Å². The van der Waals surface area contributed by atoms with E-state index in [1.807, 2.05) is 0 Å². The predicted molar refractivity (Wildman–Crippen MR) is 73.9 cm³/mol. The maximum atomic E-state index is 9.02. The number of aliphatic hydroxyl groups is 1. The highest BCUT2D eigenvalue weighted by atomic mass is 35.5. The monoisotopic (exact) mass is 302 g/mol. The number of halogens is 3. The zero-order valence-corrected chi connectivity index (χ0v) is 11.4. The number of aliphatic hydroxyl groups excluding tert-OH is 1. The van der Waals surface area contributed by atoms with Gasteiger partial charge in [-0.2, -0.15) is 0 Å². The number of hydrogen-bond donors (Lipinski definition) is 1. The van der Waals surface area contributed by atoms with Crippen molar-refractivity contribution in [2.75, 3.05) is 0 Å². The SMILES string of the molecule is OCc1ccc(Oc2cccc(Cl)c2Cl)cc1Cl. The van der Waals surface area contributed by atoms with Crippen LogP contribution >= 0.6 is 34.8 Å². The zero-order valence-electron chi connectivity index (χ0n) is 9.16. The molecule has 2 rings (SSSR count). The van der Waals surface area contributed by atoms with E-state index in [4.69, 9.17) is 44.6 Å². The first-order valence-electron chi connectivity index (χ1n) is 5.13. The van der Waals surface area contributed by atoms with Crippen LogP contribution in [0.1, 0.15) is 5.56 Å². The van der Waals surface area contributed by atoms with Gasteiger partial charge in [-0.25, -0.2) is 0 Å². The summed E-state index contributed by atoms with van der Waals surface area (Å²) < 4.78 is 5.59. The largest absolute Gasteiger partial charge is 0.456 e. The summed E-state index contributed by atoms with van der Waals surface area (Å²) in [5.41, 5.74) is 0.640. The van der Waals surface area contributed by atoms with Crippen molar-refractivity contribution in [1.29, 1.82) is 0 Å². The molecule has 0 saturated heterocycles. The van der Waals surface area contributed by atoms with E-state index >= 15 is 0 Å². The molecule has 0 fully saturated rings. The molecular weight excluding hydrogens is 294 g/mol. The summed E-state index contributed by atoms with van der Waals surface area (Å²) in [6.45, 7) is -0.114. The van der Waals surface area contributed by atoms with E-state index in [1.165, 1.54) is 0 Å². The molecule has 2 aromatic carbocycles. The molecule has 1 N–H and O–H groups in total. The van der Waals surface area contributed by atoms with Crippen molar-refractivity contribution in [3.63, 3.8) is 0 Å². The Balaban J connectivity index is 2.29. The van der Waals surface area contributed by atoms with Gasteiger partial charge in [-0.15, -0.1) is 0 Å². The highest BCUT2D eigenvalue weighted by Crippen LogP contribution is 2.35. The maximum Gasteiger partial charge on any atom is 0.147 e. The molecule has 0 aliphatic rings. The van der Waals surface area contributed by atoms with Gasteiger partial charge in [0.2, 0.25) is 0 Å². The van der Waals surface area contributed by atoms with Crippen molar-refractivity contribution in [2.24, 2.45) is 0 Å². The summed E-state index contributed by atoms with van der Waals surface area (Å²) in [5, 5.41) is 10.2. The number of benzene rings is 2. The van der Waals surface area contributed by atoms with Gasteiger partial charge < -0.3 is 9.84 Å². The van der Waals surface area contributed by atoms with Gasteiger partial charge in [0, 0.05) is 5.02 Å². The first kappa shape index (κ1) is 13.5. The fourth-order valence-electron chi connectivity index (χ4n) is 1.41. The Hall–Kier alpha value is -0.930. The summed E-state index contributed by atoms with van der Waals surface area (Å²) in [7, 11) is 0. The van der Waals surface area contributed by atoms with E-state index in [0.29, 0.717) is 32.1 Å². The molecule has 0 amide bonds. The van der Waals surface area contributed by atoms with Crippen molar-refractivity contribution in [2.45, 2.75) is 6.61 Å². The first-order chi connectivity index (χ1) is 8.61. The average Bonchev–Trinajstić information content (AvgIpc) is 2.35. The lowest BCUT2D eigenvalue weighted by Crippen LogP contribution is -1.89. The molecule has 0 aliphatic heterocycles. The number of rotatable bonds is 3. The molecule has 0 heterocycles. The van der Waals surface area contributed by atoms with Crippen molar-refractivity contribution in [3.8, 4) is 11.5 Å². The van der Waals surface area contributed by atoms with Gasteiger partial charge in [-0.3, -0.25) is 0 Å². The second-order valence-electron chi connectivity index (χ2n) is 3.57. The lowest BCUT2D eigenvalue weighted by Gasteiger charge is -2.09. The number of ether oxygens (including phenoxy) is 1. The summed E-state index contributed by atoms with van der Waals surface area (Å²) in [6, 6.07) is 10.1. The lowest BCUT2D eigenvalue weighted by molar-refractivity contribution is 0.282. The molecule has 94 valence electrons. The third-order valence-electron chi connectivity index (χ3n) is 2.34. The fraction of sp³-hybridized carbons (Fsp3) is 0.0769. The van der Waals surface area contributed by atoms with Crippen LogP contribution in [0.5, 0.6) is 11.5 Å². The van der Waals surface area contributed by atoms with Crippen LogP contribution < -0.4 is 4.74 Å². The Labute approximate surface area is 120 Å². The van der Waals surface area contributed by atoms with Gasteiger partial charge in [0.15, 0.2) is 0 Å². The molecule has 0 unspecified atom stereocenters. The minimum Gasteiger partial charge on any atom is -0.456 e. The second-order valence-corrected chi connectivity index (χ2v) is 4.76. The summed E-state index contributed by atoms with van der Waals surface area (Å²) in [4.78, 5) is 0. The summed E-state index contributed by atoms with van der Waals surface area (Å²) in [5.74, 6) is 0.985. The third kappa shape index (κ3) is 2.90. The minimum atomic E-state index is -0.114. The Morgan fingerprint density at radius 1 is 1.00 bits per heavy atom. The smallest absolute Gasteiger partial charge is 0.147 e. The van der Waals surface area contributed by atoms with Gasteiger partial charge in [-0.05, 0) is 29.8 Å². The molecule has 0 spiro atoms. The highest BCUT2D eigenvalue weighted by Gasteiger charge is 2.08. The average molecular weight is 304 g/mol. The number of hydrogen-bond acceptors (Lipinski definition) is 2. The molecule has 18 heavy (non-hydrogen) atoms. The Bertz CT molecular complexity index is 570. The summed E-state index contributed by atoms with van der Waals surface area (Å²) in [6.07, 6.45) is 0. The molecule has 2 aromatic rings. The van der Waals surface area contributed by atoms with Crippen LogP contribution in [0.4, 0.5) is 0 Å². The molecule has 0 radical (unpaired) electrons. The van der Waals surface area contributed by atoms with Crippen molar-refractivity contribution >= 4 is 34.8 Å². The van der Waals surface area contributed by atoms with E-state index < -0.39 is 0 Å². The second kappa shape index (κ2) is 5.81. The van der Waals surface area contributed by atoms with E-state index in [0.717, 1.165) is 0 Å². The van der Waals surface area contributed by atoms with E-state index in [-0.39, 0.29) is 6.61 Å². The summed E-state index contributed by atoms with van der Waals surface area (Å²) >= 11 is 17.9. The normalized spacial score (nSPS) is 10.4. The van der Waals surface area contributed by atoms with Crippen LogP contribution in [0, 0.1) is 0 Å². The standard InChI is InChI=1S/C13H9Cl3O2/c14-10-2-1-3-12(13(10)16)18-9-5-4-8(7-17)11(15)6-9/h1-6,17H,7H2. The Morgan fingerprint density at radius 3 is 2.44 bits per heavy atom. The Kier molecular flexibility index (Phi) is 4.36. The van der Waals surface area contributed by atoms with Gasteiger partial charge in [0.1, 0.15) is 16.5 Å². The highest BCUT2D eigenvalue weighted by molar-refractivity contribution is 6.42. The van der Waals surface area contributed by atoms with Crippen molar-refractivity contribution in [3.05, 3.63) is 57.0 Å². The predicted octanol–water partition coefficient (Wildman–Crippen LogP) is 4.93. The fourth-order valence-corrected chi connectivity index (χ4v) is 1.97. The Morgan fingerprint density at radius 2 is 1.78 bits per heavy atom. The van der Waals surface area contributed by atoms with Crippen molar-refractivity contribution in [1.82, 2.24) is 0 Å². The molecular formula is C13H9Cl3O2.